The van der Waals surface area contributed by atoms with Gasteiger partial charge in [-0.05, 0) is 32.1 Å². The summed E-state index contributed by atoms with van der Waals surface area (Å²) in [4.78, 5) is 17.3. The van der Waals surface area contributed by atoms with Gasteiger partial charge in [-0.1, -0.05) is 30.3 Å². The van der Waals surface area contributed by atoms with Gasteiger partial charge in [-0.15, -0.1) is 0 Å². The normalized spacial score (nSPS) is 21.6. The maximum atomic E-state index is 12.2. The lowest BCUT2D eigenvalue weighted by Gasteiger charge is -2.33. The third-order valence-corrected chi connectivity index (χ3v) is 3.93. The summed E-state index contributed by atoms with van der Waals surface area (Å²) in [5.74, 6) is -0.475. The van der Waals surface area contributed by atoms with Crippen molar-refractivity contribution in [2.24, 2.45) is 5.16 Å². The molecule has 5 nitrogen and oxygen atoms in total. The number of hydrogen-bond acceptors (Lipinski definition) is 5. The molecule has 0 aromatic carbocycles. The number of oxime groups is 1. The largest absolute Gasteiger partial charge is 0.511 e. The van der Waals surface area contributed by atoms with Gasteiger partial charge in [-0.25, -0.2) is 4.79 Å². The molecule has 0 atom stereocenters. The first-order chi connectivity index (χ1) is 9.97. The molecule has 21 heavy (non-hydrogen) atoms. The molecule has 2 rings (SSSR count). The molecule has 116 valence electrons. The van der Waals surface area contributed by atoms with Crippen LogP contribution in [0.5, 0.6) is 0 Å². The Labute approximate surface area is 129 Å². The molecular weight excluding hydrogens is 294 g/mol. The van der Waals surface area contributed by atoms with Gasteiger partial charge in [0.15, 0.2) is 6.61 Å². The fourth-order valence-corrected chi connectivity index (χ4v) is 2.89. The van der Waals surface area contributed by atoms with Gasteiger partial charge in [0.1, 0.15) is 16.9 Å². The van der Waals surface area contributed by atoms with Crippen LogP contribution < -0.4 is 0 Å². The number of aliphatic hydroxyl groups is 1. The lowest BCUT2D eigenvalue weighted by Crippen LogP contribution is -2.39. The molecule has 2 aliphatic rings. The molecule has 0 unspecified atom stereocenters. The minimum absolute atomic E-state index is 0.0436. The van der Waals surface area contributed by atoms with E-state index in [1.807, 2.05) is 6.92 Å². The van der Waals surface area contributed by atoms with Gasteiger partial charge in [0, 0.05) is 6.42 Å². The maximum Gasteiger partial charge on any atom is 0.344 e. The van der Waals surface area contributed by atoms with Gasteiger partial charge in [0.05, 0.1) is 10.7 Å². The average molecular weight is 314 g/mol. The molecule has 1 aliphatic carbocycles. The van der Waals surface area contributed by atoms with E-state index < -0.39 is 11.6 Å². The third kappa shape index (κ3) is 3.59. The van der Waals surface area contributed by atoms with Gasteiger partial charge in [0.2, 0.25) is 0 Å². The van der Waals surface area contributed by atoms with Crippen LogP contribution in [-0.2, 0) is 14.4 Å². The maximum absolute atomic E-state index is 12.2. The Bertz CT molecular complexity index is 504. The second-order valence-electron chi connectivity index (χ2n) is 5.46. The molecule has 0 radical (unpaired) electrons. The summed E-state index contributed by atoms with van der Waals surface area (Å²) in [5.41, 5.74) is -0.0344. The molecule has 0 saturated heterocycles. The summed E-state index contributed by atoms with van der Waals surface area (Å²) < 4.78 is 5.59. The monoisotopic (exact) mass is 313 g/mol. The quantitative estimate of drug-likeness (QED) is 0.478. The lowest BCUT2D eigenvalue weighted by molar-refractivity contribution is -0.157. The summed E-state index contributed by atoms with van der Waals surface area (Å²) in [5, 5.41) is 14.5. The Morgan fingerprint density at radius 3 is 2.71 bits per heavy atom. The van der Waals surface area contributed by atoms with Crippen molar-refractivity contribution < 1.29 is 19.5 Å². The Morgan fingerprint density at radius 2 is 2.19 bits per heavy atom. The van der Waals surface area contributed by atoms with E-state index >= 15 is 0 Å². The summed E-state index contributed by atoms with van der Waals surface area (Å²) in [6.07, 6.45) is 4.44. The fraction of sp³-hybridized carbons (Fsp3) is 0.600. The minimum Gasteiger partial charge on any atom is -0.511 e. The van der Waals surface area contributed by atoms with E-state index in [4.69, 9.17) is 21.2 Å². The highest BCUT2D eigenvalue weighted by Crippen LogP contribution is 2.42. The van der Waals surface area contributed by atoms with Crippen LogP contribution in [0.2, 0.25) is 0 Å². The van der Waals surface area contributed by atoms with Gasteiger partial charge in [-0.2, -0.15) is 0 Å². The number of rotatable bonds is 5. The zero-order valence-electron chi connectivity index (χ0n) is 12.2. The highest BCUT2D eigenvalue weighted by Gasteiger charge is 2.44. The molecule has 1 spiro atoms. The van der Waals surface area contributed by atoms with Gasteiger partial charge >= 0.3 is 5.97 Å². The van der Waals surface area contributed by atoms with Crippen LogP contribution in [0.15, 0.2) is 28.1 Å². The number of carbonyl (C=O) groups is 1. The van der Waals surface area contributed by atoms with E-state index in [9.17, 15) is 9.90 Å². The molecule has 1 saturated carbocycles. The number of halogens is 1. The number of carbonyl (C=O) groups excluding carboxylic acids is 1. The zero-order chi connectivity index (χ0) is 15.5. The van der Waals surface area contributed by atoms with Crippen molar-refractivity contribution in [3.8, 4) is 0 Å². The molecule has 0 amide bonds. The van der Waals surface area contributed by atoms with Crippen LogP contribution in [0.3, 0.4) is 0 Å². The molecule has 1 fully saturated rings. The van der Waals surface area contributed by atoms with Crippen molar-refractivity contribution in [1.82, 2.24) is 0 Å². The average Bonchev–Trinajstić information content (AvgIpc) is 2.83. The number of ether oxygens (including phenoxy) is 1. The van der Waals surface area contributed by atoms with Gasteiger partial charge in [0.25, 0.3) is 0 Å². The van der Waals surface area contributed by atoms with E-state index in [1.165, 1.54) is 0 Å². The Hall–Kier alpha value is -1.49. The van der Waals surface area contributed by atoms with Crippen LogP contribution in [0.1, 0.15) is 45.4 Å². The summed E-state index contributed by atoms with van der Waals surface area (Å²) in [6.45, 7) is 5.36. The first-order valence-corrected chi connectivity index (χ1v) is 7.53. The number of hydrogen-bond donors (Lipinski definition) is 1. The van der Waals surface area contributed by atoms with Gasteiger partial charge in [-0.3, -0.25) is 0 Å². The Balaban J connectivity index is 2.19. The first kappa shape index (κ1) is 15.9. The van der Waals surface area contributed by atoms with Crippen LogP contribution in [-0.4, -0.2) is 29.0 Å². The molecule has 0 aromatic rings. The molecular formula is C15H20ClNO4. The highest BCUT2D eigenvalue weighted by molar-refractivity contribution is 6.29. The van der Waals surface area contributed by atoms with E-state index in [1.54, 1.807) is 0 Å². The molecule has 1 heterocycles. The second kappa shape index (κ2) is 6.52. The Morgan fingerprint density at radius 1 is 1.52 bits per heavy atom. The standard InChI is InChI=1S/C15H20ClNO4/c1-3-11(17-20-9-10(2)16)13-12(18)8-15(21-14(13)19)6-4-5-7-15/h18H,2-9H2,1H3. The predicted molar refractivity (Wildman–Crippen MR) is 80.2 cm³/mol. The topological polar surface area (TPSA) is 68.1 Å². The summed E-state index contributed by atoms with van der Waals surface area (Å²) in [6, 6.07) is 0. The SMILES string of the molecule is C=C(Cl)CON=C(CC)C1=C(O)CC2(CCCC2)OC1=O. The third-order valence-electron chi connectivity index (χ3n) is 3.83. The van der Waals surface area contributed by atoms with Crippen molar-refractivity contribution in [2.45, 2.75) is 51.0 Å². The van der Waals surface area contributed by atoms with Crippen molar-refractivity contribution in [1.29, 1.82) is 0 Å². The minimum atomic E-state index is -0.519. The van der Waals surface area contributed by atoms with Crippen molar-refractivity contribution in [3.05, 3.63) is 22.9 Å². The molecule has 1 N–H and O–H groups in total. The number of esters is 1. The smallest absolute Gasteiger partial charge is 0.344 e. The molecule has 1 aliphatic heterocycles. The fourth-order valence-electron chi connectivity index (χ4n) is 2.84. The lowest BCUT2D eigenvalue weighted by atomic mass is 9.90. The Kier molecular flexibility index (Phi) is 4.93. The molecule has 6 heteroatoms. The zero-order valence-corrected chi connectivity index (χ0v) is 12.9. The second-order valence-corrected chi connectivity index (χ2v) is 5.99. The van der Waals surface area contributed by atoms with Gasteiger partial charge < -0.3 is 14.7 Å². The number of aliphatic hydroxyl groups excluding tert-OH is 1. The number of nitrogens with zero attached hydrogens (tertiary/aromatic N) is 1. The molecule has 0 bridgehead atoms. The van der Waals surface area contributed by atoms with Crippen molar-refractivity contribution in [3.63, 3.8) is 0 Å². The van der Waals surface area contributed by atoms with Crippen LogP contribution in [0, 0.1) is 0 Å². The highest BCUT2D eigenvalue weighted by atomic mass is 35.5. The van der Waals surface area contributed by atoms with E-state index in [0.717, 1.165) is 25.7 Å². The van der Waals surface area contributed by atoms with E-state index in [2.05, 4.69) is 11.7 Å². The van der Waals surface area contributed by atoms with Crippen LogP contribution in [0.25, 0.3) is 0 Å². The summed E-state index contributed by atoms with van der Waals surface area (Å²) >= 11 is 5.59. The first-order valence-electron chi connectivity index (χ1n) is 7.15. The van der Waals surface area contributed by atoms with Crippen LogP contribution >= 0.6 is 11.6 Å². The van der Waals surface area contributed by atoms with E-state index in [0.29, 0.717) is 23.6 Å². The van der Waals surface area contributed by atoms with Crippen LogP contribution in [0.4, 0.5) is 0 Å². The molecule has 0 aromatic heterocycles. The van der Waals surface area contributed by atoms with Crippen molar-refractivity contribution >= 4 is 23.3 Å². The van der Waals surface area contributed by atoms with E-state index in [-0.39, 0.29) is 17.9 Å². The predicted octanol–water partition coefficient (Wildman–Crippen LogP) is 3.59. The summed E-state index contributed by atoms with van der Waals surface area (Å²) in [7, 11) is 0. The van der Waals surface area contributed by atoms with Crippen molar-refractivity contribution in [2.75, 3.05) is 6.61 Å².